The van der Waals surface area contributed by atoms with Gasteiger partial charge in [0.15, 0.2) is 5.78 Å². The largest absolute Gasteiger partial charge is 0.352 e. The number of urea groups is 1. The second-order valence-electron chi connectivity index (χ2n) is 3.90. The van der Waals surface area contributed by atoms with Crippen LogP contribution in [0.2, 0.25) is 0 Å². The monoisotopic (exact) mass is 287 g/mol. The normalized spacial score (nSPS) is 9.14. The summed E-state index contributed by atoms with van der Waals surface area (Å²) in [7, 11) is 0. The topological polar surface area (TPSA) is 129 Å². The van der Waals surface area contributed by atoms with Crippen molar-refractivity contribution < 1.29 is 14.5 Å². The predicted molar refractivity (Wildman–Crippen MR) is 76.7 cm³/mol. The van der Waals surface area contributed by atoms with Crippen molar-refractivity contribution in [1.29, 1.82) is 0 Å². The number of ketones is 1. The van der Waals surface area contributed by atoms with Crippen molar-refractivity contribution in [2.75, 3.05) is 0 Å². The number of nitrogens with two attached hydrogens (primary N) is 2. The highest BCUT2D eigenvalue weighted by Gasteiger charge is 2.12. The Kier molecular flexibility index (Phi) is 5.57. The standard InChI is InChI=1S/C13H9NO3.CH4N2O/c15-13(10-5-2-1-3-6-10)11-7-4-8-12(9-11)14(16)17;2-1(3)4/h1-9H;(H4,2,3,4). The van der Waals surface area contributed by atoms with Gasteiger partial charge in [0, 0.05) is 23.3 Å². The van der Waals surface area contributed by atoms with Gasteiger partial charge in [-0.1, -0.05) is 42.5 Å². The molecule has 21 heavy (non-hydrogen) atoms. The summed E-state index contributed by atoms with van der Waals surface area (Å²) < 4.78 is 0. The summed E-state index contributed by atoms with van der Waals surface area (Å²) in [5.74, 6) is -0.214. The highest BCUT2D eigenvalue weighted by Crippen LogP contribution is 2.16. The maximum atomic E-state index is 12.0. The van der Waals surface area contributed by atoms with E-state index in [9.17, 15) is 14.9 Å². The van der Waals surface area contributed by atoms with Crippen molar-refractivity contribution in [3.05, 3.63) is 75.8 Å². The molecule has 0 saturated carbocycles. The molecule has 0 bridgehead atoms. The molecule has 7 heteroatoms. The molecular weight excluding hydrogens is 274 g/mol. The molecule has 0 unspecified atom stereocenters. The van der Waals surface area contributed by atoms with Crippen molar-refractivity contribution >= 4 is 17.5 Å². The zero-order valence-electron chi connectivity index (χ0n) is 10.9. The minimum atomic E-state index is -0.833. The molecule has 108 valence electrons. The second kappa shape index (κ2) is 7.39. The van der Waals surface area contributed by atoms with Gasteiger partial charge in [-0.2, -0.15) is 0 Å². The number of non-ortho nitro benzene ring substituents is 1. The summed E-state index contributed by atoms with van der Waals surface area (Å²) in [5.41, 5.74) is 9.27. The van der Waals surface area contributed by atoms with Crippen LogP contribution in [-0.4, -0.2) is 16.7 Å². The number of rotatable bonds is 3. The fourth-order valence-corrected chi connectivity index (χ4v) is 1.52. The zero-order valence-corrected chi connectivity index (χ0v) is 10.9. The van der Waals surface area contributed by atoms with Gasteiger partial charge in [-0.3, -0.25) is 14.9 Å². The lowest BCUT2D eigenvalue weighted by Crippen LogP contribution is -2.18. The minimum absolute atomic E-state index is 0.0771. The van der Waals surface area contributed by atoms with Gasteiger partial charge in [0.05, 0.1) is 4.92 Å². The Labute approximate surface area is 120 Å². The lowest BCUT2D eigenvalue weighted by Gasteiger charge is -2.00. The van der Waals surface area contributed by atoms with Crippen molar-refractivity contribution in [1.82, 2.24) is 0 Å². The lowest BCUT2D eigenvalue weighted by molar-refractivity contribution is -0.384. The van der Waals surface area contributed by atoms with Crippen LogP contribution in [-0.2, 0) is 0 Å². The van der Waals surface area contributed by atoms with Crippen LogP contribution in [0.5, 0.6) is 0 Å². The number of carbonyl (C=O) groups is 2. The molecule has 0 atom stereocenters. The molecule has 0 spiro atoms. The summed E-state index contributed by atoms with van der Waals surface area (Å²) in [5, 5.41) is 10.6. The number of nitrogens with zero attached hydrogens (tertiary/aromatic N) is 1. The van der Waals surface area contributed by atoms with Gasteiger partial charge in [-0.15, -0.1) is 0 Å². The van der Waals surface area contributed by atoms with E-state index in [4.69, 9.17) is 4.79 Å². The molecule has 0 heterocycles. The van der Waals surface area contributed by atoms with E-state index >= 15 is 0 Å². The molecule has 0 aliphatic carbocycles. The fraction of sp³-hybridized carbons (Fsp3) is 0. The quantitative estimate of drug-likeness (QED) is 0.506. The fourth-order valence-electron chi connectivity index (χ4n) is 1.52. The van der Waals surface area contributed by atoms with E-state index in [1.807, 2.05) is 6.07 Å². The highest BCUT2D eigenvalue weighted by molar-refractivity contribution is 6.09. The van der Waals surface area contributed by atoms with E-state index < -0.39 is 11.0 Å². The summed E-state index contributed by atoms with van der Waals surface area (Å²) in [6.07, 6.45) is 0. The smallest absolute Gasteiger partial charge is 0.309 e. The molecule has 0 fully saturated rings. The Hall–Kier alpha value is -3.22. The number of nitro groups is 1. The number of carbonyl (C=O) groups excluding carboxylic acids is 2. The number of primary amides is 2. The molecule has 2 aromatic carbocycles. The Morgan fingerprint density at radius 3 is 1.95 bits per heavy atom. The molecule has 0 aliphatic rings. The first-order valence-corrected chi connectivity index (χ1v) is 5.81. The van der Waals surface area contributed by atoms with Crippen molar-refractivity contribution in [2.45, 2.75) is 0 Å². The van der Waals surface area contributed by atoms with Crippen LogP contribution in [0, 0.1) is 10.1 Å². The molecule has 7 nitrogen and oxygen atoms in total. The lowest BCUT2D eigenvalue weighted by atomic mass is 10.0. The third-order valence-electron chi connectivity index (χ3n) is 2.36. The number of hydrogen-bond acceptors (Lipinski definition) is 4. The first-order valence-electron chi connectivity index (χ1n) is 5.81. The van der Waals surface area contributed by atoms with Gasteiger partial charge in [-0.25, -0.2) is 4.79 Å². The maximum absolute atomic E-state index is 12.0. The Morgan fingerprint density at radius 2 is 1.43 bits per heavy atom. The van der Waals surface area contributed by atoms with E-state index in [1.54, 1.807) is 30.3 Å². The predicted octanol–water partition coefficient (Wildman–Crippen LogP) is 1.85. The van der Waals surface area contributed by atoms with E-state index in [0.717, 1.165) is 0 Å². The molecular formula is C14H13N3O4. The average Bonchev–Trinajstić information content (AvgIpc) is 2.47. The summed E-state index contributed by atoms with van der Waals surface area (Å²) in [4.78, 5) is 31.1. The molecule has 4 N–H and O–H groups in total. The first kappa shape index (κ1) is 15.8. The van der Waals surface area contributed by atoms with Crippen LogP contribution in [0.1, 0.15) is 15.9 Å². The first-order chi connectivity index (χ1) is 9.91. The van der Waals surface area contributed by atoms with Crippen molar-refractivity contribution in [2.24, 2.45) is 11.5 Å². The molecule has 0 aromatic heterocycles. The third-order valence-corrected chi connectivity index (χ3v) is 2.36. The second-order valence-corrected chi connectivity index (χ2v) is 3.90. The van der Waals surface area contributed by atoms with Crippen LogP contribution < -0.4 is 11.5 Å². The van der Waals surface area contributed by atoms with Crippen LogP contribution in [0.15, 0.2) is 54.6 Å². The number of amides is 2. The highest BCUT2D eigenvalue weighted by atomic mass is 16.6. The van der Waals surface area contributed by atoms with Gasteiger partial charge >= 0.3 is 6.03 Å². The van der Waals surface area contributed by atoms with Gasteiger partial charge in [0.25, 0.3) is 5.69 Å². The van der Waals surface area contributed by atoms with Crippen LogP contribution in [0.25, 0.3) is 0 Å². The van der Waals surface area contributed by atoms with Gasteiger partial charge in [-0.05, 0) is 0 Å². The van der Waals surface area contributed by atoms with E-state index in [-0.39, 0.29) is 11.5 Å². The molecule has 2 rings (SSSR count). The van der Waals surface area contributed by atoms with Gasteiger partial charge < -0.3 is 11.5 Å². The Bertz CT molecular complexity index is 652. The van der Waals surface area contributed by atoms with E-state index in [1.165, 1.54) is 18.2 Å². The van der Waals surface area contributed by atoms with Crippen molar-refractivity contribution in [3.8, 4) is 0 Å². The number of hydrogen-bond donors (Lipinski definition) is 2. The summed E-state index contributed by atoms with van der Waals surface area (Å²) in [6.45, 7) is 0. The van der Waals surface area contributed by atoms with E-state index in [0.29, 0.717) is 11.1 Å². The zero-order chi connectivity index (χ0) is 15.8. The summed E-state index contributed by atoms with van der Waals surface area (Å²) >= 11 is 0. The van der Waals surface area contributed by atoms with Crippen LogP contribution in [0.4, 0.5) is 10.5 Å². The van der Waals surface area contributed by atoms with Gasteiger partial charge in [0.2, 0.25) is 0 Å². The SMILES string of the molecule is NC(N)=O.O=C(c1ccccc1)c1cccc([N+](=O)[O-])c1. The Morgan fingerprint density at radius 1 is 0.905 bits per heavy atom. The number of nitro benzene ring substituents is 1. The van der Waals surface area contributed by atoms with Crippen LogP contribution >= 0.6 is 0 Å². The molecule has 2 aromatic rings. The van der Waals surface area contributed by atoms with Crippen LogP contribution in [0.3, 0.4) is 0 Å². The van der Waals surface area contributed by atoms with Gasteiger partial charge in [0.1, 0.15) is 0 Å². The molecule has 0 aliphatic heterocycles. The summed E-state index contributed by atoms with van der Waals surface area (Å²) in [6, 6.07) is 13.6. The van der Waals surface area contributed by atoms with Crippen molar-refractivity contribution in [3.63, 3.8) is 0 Å². The molecule has 0 radical (unpaired) electrons. The maximum Gasteiger partial charge on any atom is 0.309 e. The average molecular weight is 287 g/mol. The Balaban J connectivity index is 0.000000491. The minimum Gasteiger partial charge on any atom is -0.352 e. The molecule has 0 saturated heterocycles. The number of benzene rings is 2. The molecule has 2 amide bonds. The van der Waals surface area contributed by atoms with E-state index in [2.05, 4.69) is 11.5 Å². The third kappa shape index (κ3) is 5.11.